The summed E-state index contributed by atoms with van der Waals surface area (Å²) >= 11 is 0. The van der Waals surface area contributed by atoms with Gasteiger partial charge in [0.05, 0.1) is 22.6 Å². The molecule has 0 aliphatic carbocycles. The van der Waals surface area contributed by atoms with E-state index in [1.165, 1.54) is 28.0 Å². The van der Waals surface area contributed by atoms with Crippen LogP contribution >= 0.6 is 0 Å². The second-order valence-corrected chi connectivity index (χ2v) is 9.14. The summed E-state index contributed by atoms with van der Waals surface area (Å²) in [5.41, 5.74) is 0.759. The number of carbonyl (C=O) groups excluding carboxylic acids is 3. The van der Waals surface area contributed by atoms with Crippen LogP contribution in [0.2, 0.25) is 0 Å². The zero-order valence-corrected chi connectivity index (χ0v) is 21.9. The van der Waals surface area contributed by atoms with Gasteiger partial charge in [-0.1, -0.05) is 30.3 Å². The Hall–Kier alpha value is -4.41. The summed E-state index contributed by atoms with van der Waals surface area (Å²) in [5, 5.41) is 14.1. The Morgan fingerprint density at radius 1 is 1.16 bits per heavy atom. The van der Waals surface area contributed by atoms with E-state index in [2.05, 4.69) is 5.32 Å². The van der Waals surface area contributed by atoms with E-state index in [1.54, 1.807) is 46.0 Å². The first-order valence-electron chi connectivity index (χ1n) is 12.2. The Kier molecular flexibility index (Phi) is 9.42. The zero-order chi connectivity index (χ0) is 27.8. The molecule has 2 aromatic carbocycles. The number of hydrogen-bond donors (Lipinski definition) is 1. The van der Waals surface area contributed by atoms with Crippen molar-refractivity contribution >= 4 is 23.6 Å². The van der Waals surface area contributed by atoms with E-state index in [4.69, 9.17) is 9.47 Å². The number of non-ortho nitro benzene ring substituents is 1. The third kappa shape index (κ3) is 7.09. The average Bonchev–Trinajstić information content (AvgIpc) is 2.88. The van der Waals surface area contributed by atoms with Gasteiger partial charge in [-0.3, -0.25) is 14.9 Å². The lowest BCUT2D eigenvalue weighted by atomic mass is 9.93. The molecule has 1 unspecified atom stereocenters. The van der Waals surface area contributed by atoms with E-state index < -0.39 is 29.1 Å². The first-order chi connectivity index (χ1) is 18.1. The number of likely N-dealkylation sites (N-methyl/N-ethyl adjacent to an activating group) is 1. The molecule has 0 saturated heterocycles. The average molecular weight is 525 g/mol. The molecular formula is C27H32N4O7. The number of allylic oxidation sites excluding steroid dienone is 1. The Balaban J connectivity index is 1.78. The van der Waals surface area contributed by atoms with Crippen LogP contribution in [0.3, 0.4) is 0 Å². The highest BCUT2D eigenvalue weighted by Gasteiger charge is 2.39. The first kappa shape index (κ1) is 28.2. The zero-order valence-electron chi connectivity index (χ0n) is 21.9. The molecule has 1 aliphatic rings. The van der Waals surface area contributed by atoms with Gasteiger partial charge < -0.3 is 24.6 Å². The number of esters is 1. The van der Waals surface area contributed by atoms with E-state index in [9.17, 15) is 24.5 Å². The lowest BCUT2D eigenvalue weighted by Crippen LogP contribution is -2.49. The maximum absolute atomic E-state index is 13.1. The molecule has 1 aliphatic heterocycles. The molecule has 0 saturated carbocycles. The van der Waals surface area contributed by atoms with Gasteiger partial charge in [0.1, 0.15) is 5.75 Å². The summed E-state index contributed by atoms with van der Waals surface area (Å²) in [4.78, 5) is 52.5. The molecule has 38 heavy (non-hydrogen) atoms. The fourth-order valence-corrected chi connectivity index (χ4v) is 4.08. The van der Waals surface area contributed by atoms with Gasteiger partial charge in [0.25, 0.3) is 11.6 Å². The van der Waals surface area contributed by atoms with Crippen LogP contribution in [0.4, 0.5) is 10.5 Å². The Morgan fingerprint density at radius 3 is 2.53 bits per heavy atom. The van der Waals surface area contributed by atoms with Gasteiger partial charge >= 0.3 is 12.0 Å². The van der Waals surface area contributed by atoms with Gasteiger partial charge in [-0.25, -0.2) is 9.59 Å². The predicted octanol–water partition coefficient (Wildman–Crippen LogP) is 3.81. The number of benzene rings is 2. The minimum absolute atomic E-state index is 0.131. The number of hydrogen-bond acceptors (Lipinski definition) is 7. The van der Waals surface area contributed by atoms with Crippen molar-refractivity contribution in [1.29, 1.82) is 0 Å². The van der Waals surface area contributed by atoms with Crippen molar-refractivity contribution in [2.75, 3.05) is 26.7 Å². The van der Waals surface area contributed by atoms with Crippen LogP contribution in [0.1, 0.15) is 38.8 Å². The molecule has 2 aromatic rings. The lowest BCUT2D eigenvalue weighted by molar-refractivity contribution is -0.384. The number of carbonyl (C=O) groups is 3. The number of nitro groups is 1. The molecule has 0 radical (unpaired) electrons. The number of urea groups is 1. The van der Waals surface area contributed by atoms with Crippen molar-refractivity contribution in [2.45, 2.75) is 39.3 Å². The highest BCUT2D eigenvalue weighted by atomic mass is 16.6. The fourth-order valence-electron chi connectivity index (χ4n) is 4.08. The normalized spacial score (nSPS) is 15.2. The summed E-state index contributed by atoms with van der Waals surface area (Å²) in [6, 6.07) is 13.5. The van der Waals surface area contributed by atoms with Crippen molar-refractivity contribution in [2.24, 2.45) is 0 Å². The highest BCUT2D eigenvalue weighted by Crippen LogP contribution is 2.36. The maximum Gasteiger partial charge on any atom is 0.338 e. The van der Waals surface area contributed by atoms with Crippen LogP contribution in [0.5, 0.6) is 5.75 Å². The second-order valence-electron chi connectivity index (χ2n) is 9.14. The van der Waals surface area contributed by atoms with Crippen molar-refractivity contribution in [3.8, 4) is 5.75 Å². The van der Waals surface area contributed by atoms with Gasteiger partial charge in [-0.15, -0.1) is 0 Å². The summed E-state index contributed by atoms with van der Waals surface area (Å²) in [7, 11) is 1.64. The molecule has 202 valence electrons. The third-order valence-electron chi connectivity index (χ3n) is 5.93. The molecule has 11 heteroatoms. The first-order valence-corrected chi connectivity index (χ1v) is 12.2. The van der Waals surface area contributed by atoms with Crippen LogP contribution in [-0.2, 0) is 14.3 Å². The largest absolute Gasteiger partial charge is 0.484 e. The Morgan fingerprint density at radius 2 is 1.87 bits per heavy atom. The Labute approximate surface area is 221 Å². The molecule has 3 amide bonds. The molecular weight excluding hydrogens is 492 g/mol. The quantitative estimate of drug-likeness (QED) is 0.269. The predicted molar refractivity (Wildman–Crippen MR) is 139 cm³/mol. The van der Waals surface area contributed by atoms with E-state index in [-0.39, 0.29) is 30.3 Å². The van der Waals surface area contributed by atoms with E-state index >= 15 is 0 Å². The highest BCUT2D eigenvalue weighted by molar-refractivity contribution is 5.95. The Bertz CT molecular complexity index is 1210. The maximum atomic E-state index is 13.1. The van der Waals surface area contributed by atoms with Crippen LogP contribution in [0.15, 0.2) is 65.9 Å². The van der Waals surface area contributed by atoms with E-state index in [0.29, 0.717) is 30.0 Å². The molecule has 1 atom stereocenters. The van der Waals surface area contributed by atoms with Crippen LogP contribution in [-0.4, -0.2) is 65.5 Å². The molecule has 11 nitrogen and oxygen atoms in total. The number of nitrogens with zero attached hydrogens (tertiary/aromatic N) is 3. The topological polar surface area (TPSA) is 131 Å². The van der Waals surface area contributed by atoms with Gasteiger partial charge in [-0.05, 0) is 44.9 Å². The second kappa shape index (κ2) is 12.7. The number of nitro benzene ring substituents is 1. The lowest BCUT2D eigenvalue weighted by Gasteiger charge is -2.38. The van der Waals surface area contributed by atoms with Gasteiger partial charge in [0.2, 0.25) is 0 Å². The van der Waals surface area contributed by atoms with E-state index in [1.807, 2.05) is 18.2 Å². The number of para-hydroxylation sites is 1. The van der Waals surface area contributed by atoms with Crippen LogP contribution < -0.4 is 10.1 Å². The number of ether oxygens (including phenoxy) is 2. The van der Waals surface area contributed by atoms with Crippen LogP contribution in [0.25, 0.3) is 0 Å². The SMILES string of the molecule is CC1=C(C(=O)OC(C)C)C(c2cccc([N+](=O)[O-])c2)N(CCCN(C)C(=O)COc2ccccc2)C(=O)N1. The summed E-state index contributed by atoms with van der Waals surface area (Å²) in [5.74, 6) is -0.268. The molecule has 0 aromatic heterocycles. The van der Waals surface area contributed by atoms with Crippen molar-refractivity contribution in [3.05, 3.63) is 81.5 Å². The summed E-state index contributed by atoms with van der Waals surface area (Å²) in [6.45, 7) is 5.37. The third-order valence-corrected chi connectivity index (χ3v) is 5.93. The molecule has 1 heterocycles. The van der Waals surface area contributed by atoms with Crippen molar-refractivity contribution in [3.63, 3.8) is 0 Å². The number of rotatable bonds is 11. The molecule has 3 rings (SSSR count). The smallest absolute Gasteiger partial charge is 0.338 e. The molecule has 0 fully saturated rings. The van der Waals surface area contributed by atoms with Gasteiger partial charge in [-0.2, -0.15) is 0 Å². The summed E-state index contributed by atoms with van der Waals surface area (Å²) < 4.78 is 10.9. The number of amides is 3. The minimum Gasteiger partial charge on any atom is -0.484 e. The molecule has 0 spiro atoms. The molecule has 1 N–H and O–H groups in total. The number of nitrogens with one attached hydrogen (secondary N) is 1. The van der Waals surface area contributed by atoms with E-state index in [0.717, 1.165) is 0 Å². The minimum atomic E-state index is -0.905. The standard InChI is InChI=1S/C27H32N4O7/c1-18(2)38-26(33)24-19(3)28-27(34)30(25(24)20-10-8-11-21(16-20)31(35)36)15-9-14-29(4)23(32)17-37-22-12-6-5-7-13-22/h5-8,10-13,16,18,25H,9,14-15,17H2,1-4H3,(H,28,34). The summed E-state index contributed by atoms with van der Waals surface area (Å²) in [6.07, 6.45) is -0.0183. The van der Waals surface area contributed by atoms with Crippen molar-refractivity contribution < 1.29 is 28.8 Å². The van der Waals surface area contributed by atoms with Crippen molar-refractivity contribution in [1.82, 2.24) is 15.1 Å². The fraction of sp³-hybridized carbons (Fsp3) is 0.370. The van der Waals surface area contributed by atoms with Gasteiger partial charge in [0, 0.05) is 38.0 Å². The van der Waals surface area contributed by atoms with Gasteiger partial charge in [0.15, 0.2) is 6.61 Å². The monoisotopic (exact) mass is 524 g/mol. The molecule has 0 bridgehead atoms. The van der Waals surface area contributed by atoms with Crippen LogP contribution in [0, 0.1) is 10.1 Å².